The van der Waals surface area contributed by atoms with Gasteiger partial charge in [-0.15, -0.1) is 0 Å². The Bertz CT molecular complexity index is 558. The molecular formula is C15H18O4. The molecule has 19 heavy (non-hydrogen) atoms. The SMILES string of the molecule is CC1=C2C(O)C3OC3(C)C2C2OC(=O)C(C)=C2CC1. The van der Waals surface area contributed by atoms with Crippen LogP contribution < -0.4 is 0 Å². The number of aliphatic hydroxyl groups excluding tert-OH is 1. The van der Waals surface area contributed by atoms with Crippen molar-refractivity contribution in [2.45, 2.75) is 57.5 Å². The smallest absolute Gasteiger partial charge is 0.334 e. The summed E-state index contributed by atoms with van der Waals surface area (Å²) in [6, 6.07) is 0. The third-order valence-electron chi connectivity index (χ3n) is 5.38. The summed E-state index contributed by atoms with van der Waals surface area (Å²) in [5.74, 6) is -0.215. The van der Waals surface area contributed by atoms with Gasteiger partial charge in [-0.05, 0) is 44.8 Å². The highest BCUT2D eigenvalue weighted by molar-refractivity contribution is 5.92. The molecule has 4 aliphatic rings. The second kappa shape index (κ2) is 3.30. The molecule has 2 aliphatic carbocycles. The van der Waals surface area contributed by atoms with E-state index in [0.717, 1.165) is 29.6 Å². The van der Waals surface area contributed by atoms with E-state index < -0.39 is 6.10 Å². The molecular weight excluding hydrogens is 244 g/mol. The summed E-state index contributed by atoms with van der Waals surface area (Å²) in [5.41, 5.74) is 3.79. The zero-order valence-corrected chi connectivity index (χ0v) is 11.4. The quantitative estimate of drug-likeness (QED) is 0.408. The molecule has 4 rings (SSSR count). The number of hydrogen-bond donors (Lipinski definition) is 1. The number of rotatable bonds is 0. The summed E-state index contributed by atoms with van der Waals surface area (Å²) in [7, 11) is 0. The van der Waals surface area contributed by atoms with Gasteiger partial charge in [-0.1, -0.05) is 5.57 Å². The summed E-state index contributed by atoms with van der Waals surface area (Å²) < 4.78 is 11.3. The lowest BCUT2D eigenvalue weighted by Gasteiger charge is -2.27. The van der Waals surface area contributed by atoms with Crippen LogP contribution in [0.1, 0.15) is 33.6 Å². The van der Waals surface area contributed by atoms with E-state index in [0.29, 0.717) is 0 Å². The monoisotopic (exact) mass is 262 g/mol. The van der Waals surface area contributed by atoms with Crippen LogP contribution in [0.3, 0.4) is 0 Å². The van der Waals surface area contributed by atoms with Crippen molar-refractivity contribution in [2.24, 2.45) is 5.92 Å². The van der Waals surface area contributed by atoms with Gasteiger partial charge in [0.15, 0.2) is 0 Å². The molecule has 4 heteroatoms. The number of allylic oxidation sites excluding steroid dienone is 1. The fourth-order valence-electron chi connectivity index (χ4n) is 4.19. The molecule has 4 nitrogen and oxygen atoms in total. The van der Waals surface area contributed by atoms with E-state index >= 15 is 0 Å². The molecule has 0 radical (unpaired) electrons. The summed E-state index contributed by atoms with van der Waals surface area (Å²) >= 11 is 0. The predicted molar refractivity (Wildman–Crippen MR) is 67.3 cm³/mol. The van der Waals surface area contributed by atoms with Crippen molar-refractivity contribution in [1.82, 2.24) is 0 Å². The first-order valence-electron chi connectivity index (χ1n) is 6.91. The molecule has 0 aromatic carbocycles. The van der Waals surface area contributed by atoms with Gasteiger partial charge >= 0.3 is 5.97 Å². The van der Waals surface area contributed by atoms with Crippen molar-refractivity contribution in [3.63, 3.8) is 0 Å². The number of carbonyl (C=O) groups excluding carboxylic acids is 1. The topological polar surface area (TPSA) is 59.1 Å². The molecule has 2 fully saturated rings. The van der Waals surface area contributed by atoms with Crippen molar-refractivity contribution >= 4 is 5.97 Å². The van der Waals surface area contributed by atoms with E-state index in [2.05, 4.69) is 6.92 Å². The van der Waals surface area contributed by atoms with Crippen molar-refractivity contribution < 1.29 is 19.4 Å². The van der Waals surface area contributed by atoms with Gasteiger partial charge < -0.3 is 14.6 Å². The highest BCUT2D eigenvalue weighted by atomic mass is 16.6. The number of epoxide rings is 1. The lowest BCUT2D eigenvalue weighted by Crippen LogP contribution is -2.33. The van der Waals surface area contributed by atoms with Crippen LogP contribution in [0.4, 0.5) is 0 Å². The van der Waals surface area contributed by atoms with E-state index in [1.165, 1.54) is 5.57 Å². The number of ether oxygens (including phenoxy) is 2. The Balaban J connectivity index is 1.87. The van der Waals surface area contributed by atoms with Crippen molar-refractivity contribution in [1.29, 1.82) is 0 Å². The minimum Gasteiger partial charge on any atom is -0.454 e. The molecule has 5 atom stereocenters. The predicted octanol–water partition coefficient (Wildman–Crippen LogP) is 1.49. The summed E-state index contributed by atoms with van der Waals surface area (Å²) in [4.78, 5) is 11.8. The maximum atomic E-state index is 11.8. The lowest BCUT2D eigenvalue weighted by molar-refractivity contribution is -0.142. The number of esters is 1. The number of hydrogen-bond acceptors (Lipinski definition) is 4. The molecule has 0 spiro atoms. The summed E-state index contributed by atoms with van der Waals surface area (Å²) in [6.45, 7) is 5.95. The Morgan fingerprint density at radius 3 is 2.79 bits per heavy atom. The third-order valence-corrected chi connectivity index (χ3v) is 5.38. The standard InChI is InChI=1S/C15H18O4/c1-6-4-5-8-7(2)14(17)18-12(8)10-9(6)11(16)13-15(10,3)19-13/h10-13,16H,4-5H2,1-3H3. The molecule has 2 aliphatic heterocycles. The van der Waals surface area contributed by atoms with Crippen molar-refractivity contribution in [3.05, 3.63) is 22.3 Å². The minimum atomic E-state index is -0.533. The van der Waals surface area contributed by atoms with Crippen LogP contribution in [-0.2, 0) is 14.3 Å². The Kier molecular flexibility index (Phi) is 2.03. The highest BCUT2D eigenvalue weighted by Crippen LogP contribution is 2.61. The molecule has 0 amide bonds. The van der Waals surface area contributed by atoms with Crippen LogP contribution >= 0.6 is 0 Å². The number of aliphatic hydroxyl groups is 1. The zero-order chi connectivity index (χ0) is 13.5. The molecule has 102 valence electrons. The zero-order valence-electron chi connectivity index (χ0n) is 11.4. The van der Waals surface area contributed by atoms with Crippen molar-refractivity contribution in [3.8, 4) is 0 Å². The summed E-state index contributed by atoms with van der Waals surface area (Å²) in [6.07, 6.45) is 0.856. The van der Waals surface area contributed by atoms with Gasteiger partial charge in [0.25, 0.3) is 0 Å². The maximum absolute atomic E-state index is 11.8. The first-order valence-corrected chi connectivity index (χ1v) is 6.91. The molecule has 1 saturated carbocycles. The second-order valence-electron chi connectivity index (χ2n) is 6.36. The van der Waals surface area contributed by atoms with E-state index in [-0.39, 0.29) is 29.7 Å². The van der Waals surface area contributed by atoms with Gasteiger partial charge in [0.1, 0.15) is 23.9 Å². The highest BCUT2D eigenvalue weighted by Gasteiger charge is 2.72. The summed E-state index contributed by atoms with van der Waals surface area (Å²) in [5, 5.41) is 10.4. The molecule has 1 N–H and O–H groups in total. The average molecular weight is 262 g/mol. The first kappa shape index (κ1) is 11.7. The van der Waals surface area contributed by atoms with E-state index in [1.807, 2.05) is 13.8 Å². The Labute approximate surface area is 112 Å². The molecule has 2 heterocycles. The molecule has 0 bridgehead atoms. The van der Waals surface area contributed by atoms with Gasteiger partial charge in [-0.25, -0.2) is 4.79 Å². The largest absolute Gasteiger partial charge is 0.454 e. The Morgan fingerprint density at radius 2 is 2.05 bits per heavy atom. The van der Waals surface area contributed by atoms with Gasteiger partial charge in [0.05, 0.1) is 5.92 Å². The lowest BCUT2D eigenvalue weighted by atomic mass is 9.84. The fraction of sp³-hybridized carbons (Fsp3) is 0.667. The maximum Gasteiger partial charge on any atom is 0.334 e. The molecule has 5 unspecified atom stereocenters. The first-order chi connectivity index (χ1) is 8.95. The van der Waals surface area contributed by atoms with Crippen LogP contribution in [0.2, 0.25) is 0 Å². The van der Waals surface area contributed by atoms with Gasteiger partial charge in [-0.2, -0.15) is 0 Å². The van der Waals surface area contributed by atoms with Crippen LogP contribution in [0.25, 0.3) is 0 Å². The molecule has 1 saturated heterocycles. The fourth-order valence-corrected chi connectivity index (χ4v) is 4.19. The number of fused-ring (bicyclic) bond motifs is 5. The Hall–Kier alpha value is -1.13. The van der Waals surface area contributed by atoms with Gasteiger partial charge in [0, 0.05) is 5.57 Å². The van der Waals surface area contributed by atoms with E-state index in [4.69, 9.17) is 9.47 Å². The Morgan fingerprint density at radius 1 is 1.32 bits per heavy atom. The van der Waals surface area contributed by atoms with Crippen molar-refractivity contribution in [2.75, 3.05) is 0 Å². The molecule has 0 aromatic heterocycles. The van der Waals surface area contributed by atoms with Crippen LogP contribution in [-0.4, -0.2) is 35.0 Å². The van der Waals surface area contributed by atoms with Gasteiger partial charge in [0.2, 0.25) is 0 Å². The molecule has 0 aromatic rings. The van der Waals surface area contributed by atoms with Crippen LogP contribution in [0, 0.1) is 5.92 Å². The number of carbonyl (C=O) groups is 1. The third kappa shape index (κ3) is 1.24. The van der Waals surface area contributed by atoms with Crippen LogP contribution in [0.5, 0.6) is 0 Å². The average Bonchev–Trinajstić information content (AvgIpc) is 2.94. The van der Waals surface area contributed by atoms with E-state index in [9.17, 15) is 9.90 Å². The minimum absolute atomic E-state index is 0.00796. The van der Waals surface area contributed by atoms with Crippen LogP contribution in [0.15, 0.2) is 22.3 Å². The van der Waals surface area contributed by atoms with E-state index in [1.54, 1.807) is 0 Å². The van der Waals surface area contributed by atoms with Gasteiger partial charge in [-0.3, -0.25) is 0 Å². The normalized spacial score (nSPS) is 47.7. The second-order valence-corrected chi connectivity index (χ2v) is 6.36.